The number of hydrogen-bond acceptors (Lipinski definition) is 2. The van der Waals surface area contributed by atoms with Gasteiger partial charge in [-0.15, -0.1) is 0 Å². The van der Waals surface area contributed by atoms with Crippen molar-refractivity contribution in [3.8, 4) is 11.5 Å². The highest BCUT2D eigenvalue weighted by Crippen LogP contribution is 2.33. The van der Waals surface area contributed by atoms with Crippen LogP contribution in [0.15, 0.2) is 61.2 Å². The van der Waals surface area contributed by atoms with E-state index in [-0.39, 0.29) is 0 Å². The van der Waals surface area contributed by atoms with Gasteiger partial charge in [0.25, 0.3) is 0 Å². The zero-order valence-electron chi connectivity index (χ0n) is 10.5. The summed E-state index contributed by atoms with van der Waals surface area (Å²) in [4.78, 5) is 0. The molecule has 2 heteroatoms. The molecule has 2 aromatic carbocycles. The lowest BCUT2D eigenvalue weighted by atomic mass is 10.1. The molecule has 0 atom stereocenters. The lowest BCUT2D eigenvalue weighted by Gasteiger charge is -2.00. The molecule has 1 aliphatic heterocycles. The third-order valence-corrected chi connectivity index (χ3v) is 3.02. The molecule has 0 bridgehead atoms. The Kier molecular flexibility index (Phi) is 3.07. The summed E-state index contributed by atoms with van der Waals surface area (Å²) in [5.41, 5.74) is 3.18. The van der Waals surface area contributed by atoms with Crippen LogP contribution in [0.3, 0.4) is 0 Å². The third kappa shape index (κ3) is 2.52. The van der Waals surface area contributed by atoms with Crippen LogP contribution in [0.4, 0.5) is 0 Å². The van der Waals surface area contributed by atoms with E-state index in [1.807, 2.05) is 60.7 Å². The fourth-order valence-corrected chi connectivity index (χ4v) is 1.96. The Morgan fingerprint density at radius 2 is 1.79 bits per heavy atom. The largest absolute Gasteiger partial charge is 0.454 e. The van der Waals surface area contributed by atoms with Gasteiger partial charge in [-0.2, -0.15) is 0 Å². The van der Waals surface area contributed by atoms with Gasteiger partial charge in [-0.1, -0.05) is 55.1 Å². The van der Waals surface area contributed by atoms with E-state index in [2.05, 4.69) is 6.58 Å². The first-order chi connectivity index (χ1) is 9.33. The van der Waals surface area contributed by atoms with E-state index in [1.54, 1.807) is 0 Å². The molecule has 2 nitrogen and oxygen atoms in total. The Labute approximate surface area is 112 Å². The third-order valence-electron chi connectivity index (χ3n) is 3.02. The van der Waals surface area contributed by atoms with Crippen LogP contribution in [0.2, 0.25) is 0 Å². The predicted octanol–water partition coefficient (Wildman–Crippen LogP) is 4.14. The Bertz CT molecular complexity index is 627. The molecule has 0 N–H and O–H groups in total. The maximum atomic E-state index is 5.35. The first-order valence-corrected chi connectivity index (χ1v) is 6.15. The number of allylic oxidation sites excluding steroid dienone is 2. The molecule has 0 fully saturated rings. The van der Waals surface area contributed by atoms with Gasteiger partial charge in [0.15, 0.2) is 11.5 Å². The van der Waals surface area contributed by atoms with Crippen LogP contribution < -0.4 is 9.47 Å². The number of benzene rings is 2. The van der Waals surface area contributed by atoms with Crippen LogP contribution in [0, 0.1) is 0 Å². The zero-order chi connectivity index (χ0) is 13.1. The second kappa shape index (κ2) is 5.02. The molecule has 1 heterocycles. The molecule has 0 saturated carbocycles. The Balaban J connectivity index is 1.78. The van der Waals surface area contributed by atoms with Crippen LogP contribution >= 0.6 is 0 Å². The van der Waals surface area contributed by atoms with Crippen molar-refractivity contribution in [3.05, 3.63) is 72.3 Å². The van der Waals surface area contributed by atoms with Gasteiger partial charge in [-0.25, -0.2) is 0 Å². The molecule has 0 saturated heterocycles. The molecule has 1 aliphatic rings. The van der Waals surface area contributed by atoms with Gasteiger partial charge in [0, 0.05) is 0 Å². The quantitative estimate of drug-likeness (QED) is 0.762. The van der Waals surface area contributed by atoms with Crippen LogP contribution in [0.1, 0.15) is 11.1 Å². The predicted molar refractivity (Wildman–Crippen MR) is 77.1 cm³/mol. The molecule has 2 aromatic rings. The molecule has 94 valence electrons. The minimum Gasteiger partial charge on any atom is -0.454 e. The lowest BCUT2D eigenvalue weighted by molar-refractivity contribution is 0.174. The molecule has 3 rings (SSSR count). The van der Waals surface area contributed by atoms with Crippen LogP contribution in [0.25, 0.3) is 11.6 Å². The summed E-state index contributed by atoms with van der Waals surface area (Å²) in [6, 6.07) is 16.0. The lowest BCUT2D eigenvalue weighted by Crippen LogP contribution is -1.92. The standard InChI is InChI=1S/C17H14O2/c1-13(15-5-3-2-4-6-15)7-8-14-9-10-16-17(11-14)19-12-18-16/h2-11H,1,12H2/b8-7+. The fourth-order valence-electron chi connectivity index (χ4n) is 1.96. The van der Waals surface area contributed by atoms with Gasteiger partial charge in [0.05, 0.1) is 0 Å². The summed E-state index contributed by atoms with van der Waals surface area (Å²) in [5, 5.41) is 0. The maximum absolute atomic E-state index is 5.35. The van der Waals surface area contributed by atoms with E-state index >= 15 is 0 Å². The Morgan fingerprint density at radius 3 is 2.63 bits per heavy atom. The summed E-state index contributed by atoms with van der Waals surface area (Å²) in [6.45, 7) is 4.37. The SMILES string of the molecule is C=C(/C=C/c1ccc2c(c1)OCO2)c1ccccc1. The molecular weight excluding hydrogens is 236 g/mol. The summed E-state index contributed by atoms with van der Waals surface area (Å²) in [7, 11) is 0. The van der Waals surface area contributed by atoms with Crippen LogP contribution in [-0.4, -0.2) is 6.79 Å². The van der Waals surface area contributed by atoms with Crippen molar-refractivity contribution in [2.24, 2.45) is 0 Å². The van der Waals surface area contributed by atoms with Crippen molar-refractivity contribution < 1.29 is 9.47 Å². The number of hydrogen-bond donors (Lipinski definition) is 0. The van der Waals surface area contributed by atoms with Gasteiger partial charge >= 0.3 is 0 Å². The second-order valence-corrected chi connectivity index (χ2v) is 4.34. The minimum atomic E-state index is 0.305. The average molecular weight is 250 g/mol. The van der Waals surface area contributed by atoms with Crippen molar-refractivity contribution in [1.82, 2.24) is 0 Å². The highest BCUT2D eigenvalue weighted by Gasteiger charge is 2.12. The zero-order valence-corrected chi connectivity index (χ0v) is 10.5. The summed E-state index contributed by atoms with van der Waals surface area (Å²) < 4.78 is 10.6. The highest BCUT2D eigenvalue weighted by molar-refractivity contribution is 5.77. The van der Waals surface area contributed by atoms with Crippen molar-refractivity contribution in [2.45, 2.75) is 0 Å². The molecule has 0 aliphatic carbocycles. The topological polar surface area (TPSA) is 18.5 Å². The molecule has 19 heavy (non-hydrogen) atoms. The minimum absolute atomic E-state index is 0.305. The maximum Gasteiger partial charge on any atom is 0.231 e. The van der Waals surface area contributed by atoms with Gasteiger partial charge in [0.2, 0.25) is 6.79 Å². The van der Waals surface area contributed by atoms with Crippen molar-refractivity contribution in [1.29, 1.82) is 0 Å². The van der Waals surface area contributed by atoms with Crippen LogP contribution in [-0.2, 0) is 0 Å². The first-order valence-electron chi connectivity index (χ1n) is 6.15. The highest BCUT2D eigenvalue weighted by atomic mass is 16.7. The normalized spacial score (nSPS) is 12.8. The van der Waals surface area contributed by atoms with Gasteiger partial charge < -0.3 is 9.47 Å². The van der Waals surface area contributed by atoms with E-state index in [9.17, 15) is 0 Å². The van der Waals surface area contributed by atoms with E-state index in [0.717, 1.165) is 28.2 Å². The summed E-state index contributed by atoms with van der Waals surface area (Å²) in [6.07, 6.45) is 4.03. The first kappa shape index (κ1) is 11.6. The van der Waals surface area contributed by atoms with Gasteiger partial charge in [0.1, 0.15) is 0 Å². The molecule has 0 amide bonds. The summed E-state index contributed by atoms with van der Waals surface area (Å²) >= 11 is 0. The fraction of sp³-hybridized carbons (Fsp3) is 0.0588. The van der Waals surface area contributed by atoms with Crippen LogP contribution in [0.5, 0.6) is 11.5 Å². The number of ether oxygens (including phenoxy) is 2. The number of fused-ring (bicyclic) bond motifs is 1. The summed E-state index contributed by atoms with van der Waals surface area (Å²) in [5.74, 6) is 1.60. The molecule has 0 spiro atoms. The average Bonchev–Trinajstić information content (AvgIpc) is 2.93. The number of rotatable bonds is 3. The monoisotopic (exact) mass is 250 g/mol. The van der Waals surface area contributed by atoms with E-state index in [1.165, 1.54) is 0 Å². The smallest absolute Gasteiger partial charge is 0.231 e. The van der Waals surface area contributed by atoms with E-state index in [4.69, 9.17) is 9.47 Å². The molecule has 0 radical (unpaired) electrons. The Hall–Kier alpha value is -2.48. The van der Waals surface area contributed by atoms with E-state index in [0.29, 0.717) is 6.79 Å². The van der Waals surface area contributed by atoms with Gasteiger partial charge in [-0.05, 0) is 28.8 Å². The van der Waals surface area contributed by atoms with E-state index < -0.39 is 0 Å². The van der Waals surface area contributed by atoms with Crippen molar-refractivity contribution >= 4 is 11.6 Å². The van der Waals surface area contributed by atoms with Crippen molar-refractivity contribution in [2.75, 3.05) is 6.79 Å². The van der Waals surface area contributed by atoms with Gasteiger partial charge in [-0.3, -0.25) is 0 Å². The Morgan fingerprint density at radius 1 is 1.00 bits per heavy atom. The second-order valence-electron chi connectivity index (χ2n) is 4.34. The molecule has 0 unspecified atom stereocenters. The molecular formula is C17H14O2. The van der Waals surface area contributed by atoms with Crippen molar-refractivity contribution in [3.63, 3.8) is 0 Å². The molecule has 0 aromatic heterocycles.